The molecule has 3 rings (SSSR count). The summed E-state index contributed by atoms with van der Waals surface area (Å²) in [5.74, 6) is -0.753. The maximum Gasteiger partial charge on any atom is 0.416 e. The molecule has 0 N–H and O–H groups in total. The fraction of sp³-hybridized carbons (Fsp3) is 0.208. The van der Waals surface area contributed by atoms with Gasteiger partial charge >= 0.3 is 16.3 Å². The summed E-state index contributed by atoms with van der Waals surface area (Å²) >= 11 is 6.10. The van der Waals surface area contributed by atoms with E-state index in [1.54, 1.807) is 6.07 Å². The molecule has 14 heteroatoms. The Hall–Kier alpha value is -3.68. The van der Waals surface area contributed by atoms with E-state index >= 15 is 0 Å². The summed E-state index contributed by atoms with van der Waals surface area (Å²) in [5, 5.41) is 10.8. The first-order chi connectivity index (χ1) is 17.8. The number of non-ortho nitro benzene ring substituents is 1. The molecule has 0 unspecified atom stereocenters. The molecule has 0 heterocycles. The van der Waals surface area contributed by atoms with Crippen LogP contribution in [0.5, 0.6) is 5.75 Å². The minimum Gasteiger partial charge on any atom is -0.383 e. The molecule has 0 fully saturated rings. The Morgan fingerprint density at radius 3 is 2.42 bits per heavy atom. The molecule has 1 amide bonds. The molecule has 38 heavy (non-hydrogen) atoms. The smallest absolute Gasteiger partial charge is 0.383 e. The highest BCUT2D eigenvalue weighted by atomic mass is 35.5. The number of hydrogen-bond acceptors (Lipinski definition) is 7. The molecular formula is C24H20ClF3N2O7S. The standard InChI is InChI=1S/C24H20ClF3N2O7S/c1-36-11-10-29(23(31)21-9-8-18(30(32)33)14-22(21)25)15-16-4-2-6-19(12-16)37-38(34,35)20-7-3-5-17(13-20)24(26,27)28/h2-9,12-14H,10-11,15H2,1H3. The lowest BCUT2D eigenvalue weighted by Crippen LogP contribution is -2.33. The zero-order valence-electron chi connectivity index (χ0n) is 19.6. The van der Waals surface area contributed by atoms with Crippen LogP contribution in [-0.2, 0) is 27.6 Å². The minimum atomic E-state index is -4.74. The predicted octanol–water partition coefficient (Wildman–Crippen LogP) is 5.32. The number of ether oxygens (including phenoxy) is 1. The molecule has 0 aliphatic heterocycles. The number of benzene rings is 3. The average molecular weight is 573 g/mol. The van der Waals surface area contributed by atoms with E-state index in [0.717, 1.165) is 30.3 Å². The number of carbonyl (C=O) groups is 1. The third-order valence-electron chi connectivity index (χ3n) is 5.17. The molecule has 0 aliphatic carbocycles. The van der Waals surface area contributed by atoms with Crippen molar-refractivity contribution in [3.8, 4) is 5.75 Å². The zero-order valence-corrected chi connectivity index (χ0v) is 21.2. The van der Waals surface area contributed by atoms with Crippen LogP contribution in [0.3, 0.4) is 0 Å². The molecule has 0 radical (unpaired) electrons. The number of rotatable bonds is 10. The van der Waals surface area contributed by atoms with Crippen LogP contribution in [0.25, 0.3) is 0 Å². The summed E-state index contributed by atoms with van der Waals surface area (Å²) in [6.07, 6.45) is -4.74. The number of methoxy groups -OCH3 is 1. The topological polar surface area (TPSA) is 116 Å². The molecule has 0 aromatic heterocycles. The van der Waals surface area contributed by atoms with E-state index in [1.165, 1.54) is 36.3 Å². The normalized spacial score (nSPS) is 11.7. The Kier molecular flexibility index (Phi) is 8.97. The van der Waals surface area contributed by atoms with E-state index in [1.807, 2.05) is 0 Å². The Labute approximate surface area is 220 Å². The Balaban J connectivity index is 1.84. The number of hydrogen-bond donors (Lipinski definition) is 0. The predicted molar refractivity (Wildman–Crippen MR) is 130 cm³/mol. The number of halogens is 4. The summed E-state index contributed by atoms with van der Waals surface area (Å²) in [4.78, 5) is 24.1. The number of nitro benzene ring substituents is 1. The van der Waals surface area contributed by atoms with Crippen molar-refractivity contribution < 1.29 is 40.2 Å². The molecule has 0 aliphatic rings. The van der Waals surface area contributed by atoms with Crippen molar-refractivity contribution in [3.05, 3.63) is 98.6 Å². The summed E-state index contributed by atoms with van der Waals surface area (Å²) in [6.45, 7) is 0.170. The van der Waals surface area contributed by atoms with Gasteiger partial charge in [-0.15, -0.1) is 0 Å². The van der Waals surface area contributed by atoms with Crippen LogP contribution < -0.4 is 4.18 Å². The van der Waals surface area contributed by atoms with Gasteiger partial charge < -0.3 is 13.8 Å². The molecule has 3 aromatic carbocycles. The molecule has 0 saturated carbocycles. The number of nitrogens with zero attached hydrogens (tertiary/aromatic N) is 2. The highest BCUT2D eigenvalue weighted by Gasteiger charge is 2.32. The van der Waals surface area contributed by atoms with Gasteiger partial charge in [0.25, 0.3) is 11.6 Å². The van der Waals surface area contributed by atoms with E-state index in [9.17, 15) is 36.5 Å². The number of amides is 1. The van der Waals surface area contributed by atoms with Crippen LogP contribution >= 0.6 is 11.6 Å². The SMILES string of the molecule is COCCN(Cc1cccc(OS(=O)(=O)c2cccc(C(F)(F)F)c2)c1)C(=O)c1ccc([N+](=O)[O-])cc1Cl. The lowest BCUT2D eigenvalue weighted by Gasteiger charge is -2.23. The molecular weight excluding hydrogens is 553 g/mol. The number of nitro groups is 1. The largest absolute Gasteiger partial charge is 0.416 e. The summed E-state index contributed by atoms with van der Waals surface area (Å²) in [7, 11) is -3.18. The monoisotopic (exact) mass is 572 g/mol. The molecule has 0 saturated heterocycles. The fourth-order valence-electron chi connectivity index (χ4n) is 3.33. The van der Waals surface area contributed by atoms with Gasteiger partial charge in [0.1, 0.15) is 10.6 Å². The van der Waals surface area contributed by atoms with E-state index in [0.29, 0.717) is 11.6 Å². The van der Waals surface area contributed by atoms with Crippen molar-refractivity contribution in [2.75, 3.05) is 20.3 Å². The maximum atomic E-state index is 13.2. The minimum absolute atomic E-state index is 0.00731. The maximum absolute atomic E-state index is 13.2. The van der Waals surface area contributed by atoms with Crippen LogP contribution in [0.1, 0.15) is 21.5 Å². The number of carbonyl (C=O) groups excluding carboxylic acids is 1. The highest BCUT2D eigenvalue weighted by molar-refractivity contribution is 7.87. The van der Waals surface area contributed by atoms with Crippen molar-refractivity contribution >= 4 is 33.3 Å². The first kappa shape index (κ1) is 28.9. The summed E-state index contributed by atoms with van der Waals surface area (Å²) in [6, 6.07) is 12.2. The van der Waals surface area contributed by atoms with Crippen molar-refractivity contribution in [1.29, 1.82) is 0 Å². The summed E-state index contributed by atoms with van der Waals surface area (Å²) < 4.78 is 74.4. The first-order valence-corrected chi connectivity index (χ1v) is 12.5. The summed E-state index contributed by atoms with van der Waals surface area (Å²) in [5.41, 5.74) is -1.01. The van der Waals surface area contributed by atoms with Gasteiger partial charge in [-0.3, -0.25) is 14.9 Å². The fourth-order valence-corrected chi connectivity index (χ4v) is 4.56. The van der Waals surface area contributed by atoms with E-state index in [2.05, 4.69) is 0 Å². The van der Waals surface area contributed by atoms with Gasteiger partial charge in [-0.2, -0.15) is 21.6 Å². The zero-order chi connectivity index (χ0) is 28.1. The van der Waals surface area contributed by atoms with E-state index in [4.69, 9.17) is 20.5 Å². The lowest BCUT2D eigenvalue weighted by atomic mass is 10.1. The second kappa shape index (κ2) is 11.8. The van der Waals surface area contributed by atoms with E-state index in [-0.39, 0.29) is 41.7 Å². The van der Waals surface area contributed by atoms with Crippen molar-refractivity contribution in [2.24, 2.45) is 0 Å². The number of alkyl halides is 3. The lowest BCUT2D eigenvalue weighted by molar-refractivity contribution is -0.384. The molecule has 202 valence electrons. The van der Waals surface area contributed by atoms with Crippen molar-refractivity contribution in [3.63, 3.8) is 0 Å². The van der Waals surface area contributed by atoms with Crippen LogP contribution in [0.15, 0.2) is 71.6 Å². The van der Waals surface area contributed by atoms with Crippen LogP contribution in [-0.4, -0.2) is 44.4 Å². The first-order valence-electron chi connectivity index (χ1n) is 10.7. The molecule has 0 atom stereocenters. The average Bonchev–Trinajstić information content (AvgIpc) is 2.85. The van der Waals surface area contributed by atoms with Crippen LogP contribution in [0, 0.1) is 10.1 Å². The van der Waals surface area contributed by atoms with Crippen molar-refractivity contribution in [2.45, 2.75) is 17.6 Å². The van der Waals surface area contributed by atoms with Gasteiger partial charge in [0.15, 0.2) is 0 Å². The third kappa shape index (κ3) is 7.21. The Bertz CT molecular complexity index is 1450. The van der Waals surface area contributed by atoms with Gasteiger partial charge in [0.2, 0.25) is 0 Å². The van der Waals surface area contributed by atoms with Crippen LogP contribution in [0.2, 0.25) is 5.02 Å². The molecule has 3 aromatic rings. The van der Waals surface area contributed by atoms with Crippen molar-refractivity contribution in [1.82, 2.24) is 4.90 Å². The highest BCUT2D eigenvalue weighted by Crippen LogP contribution is 2.31. The second-order valence-electron chi connectivity index (χ2n) is 7.85. The Morgan fingerprint density at radius 1 is 1.08 bits per heavy atom. The van der Waals surface area contributed by atoms with Gasteiger partial charge in [-0.1, -0.05) is 29.8 Å². The van der Waals surface area contributed by atoms with Gasteiger partial charge in [-0.25, -0.2) is 0 Å². The quantitative estimate of drug-likeness (QED) is 0.183. The van der Waals surface area contributed by atoms with Gasteiger partial charge in [-0.05, 0) is 42.0 Å². The van der Waals surface area contributed by atoms with E-state index < -0.39 is 37.6 Å². The Morgan fingerprint density at radius 2 is 1.79 bits per heavy atom. The second-order valence-corrected chi connectivity index (χ2v) is 9.80. The third-order valence-corrected chi connectivity index (χ3v) is 6.73. The molecule has 0 spiro atoms. The van der Waals surface area contributed by atoms with Gasteiger partial charge in [0, 0.05) is 32.3 Å². The van der Waals surface area contributed by atoms with Gasteiger partial charge in [0.05, 0.1) is 27.7 Å². The molecule has 9 nitrogen and oxygen atoms in total. The molecule has 0 bridgehead atoms. The van der Waals surface area contributed by atoms with Crippen LogP contribution in [0.4, 0.5) is 18.9 Å².